The Labute approximate surface area is 54.8 Å². The van der Waals surface area contributed by atoms with E-state index in [1.807, 2.05) is 20.8 Å². The molecule has 0 atom stereocenters. The maximum Gasteiger partial charge on any atom is 0.195 e. The van der Waals surface area contributed by atoms with Gasteiger partial charge in [0.1, 0.15) is 0 Å². The van der Waals surface area contributed by atoms with Crippen LogP contribution >= 0.6 is 11.8 Å². The van der Waals surface area contributed by atoms with Crippen molar-refractivity contribution in [3.05, 3.63) is 0 Å². The summed E-state index contributed by atoms with van der Waals surface area (Å²) >= 11 is 5.41. The number of nitriles is 1. The van der Waals surface area contributed by atoms with E-state index in [9.17, 15) is 0 Å². The summed E-state index contributed by atoms with van der Waals surface area (Å²) in [5.41, 5.74) is -0.254. The van der Waals surface area contributed by atoms with Crippen molar-refractivity contribution in [2.24, 2.45) is 0 Å². The van der Waals surface area contributed by atoms with Gasteiger partial charge in [-0.15, -0.1) is 0 Å². The van der Waals surface area contributed by atoms with Crippen molar-refractivity contribution in [3.63, 3.8) is 0 Å². The van der Waals surface area contributed by atoms with E-state index >= 15 is 0 Å². The van der Waals surface area contributed by atoms with Crippen LogP contribution in [-0.4, -0.2) is 9.96 Å². The average Bonchev–Trinajstić information content (AvgIpc) is 1.62. The lowest BCUT2D eigenvalue weighted by atomic mass is 10.1. The Bertz CT molecular complexity index is 109. The third-order valence-electron chi connectivity index (χ3n) is 0.677. The number of hydrogen-bond donors (Lipinski definition) is 0. The highest BCUT2D eigenvalue weighted by molar-refractivity contribution is 6.14. The second kappa shape index (κ2) is 2.23. The zero-order chi connectivity index (χ0) is 6.78. The third-order valence-corrected chi connectivity index (χ3v) is 1.26. The SMILES string of the molecule is CC(C)(C)N(Cl)C#N. The summed E-state index contributed by atoms with van der Waals surface area (Å²) in [5.74, 6) is 0. The lowest BCUT2D eigenvalue weighted by molar-refractivity contribution is 0.348. The minimum Gasteiger partial charge on any atom is -0.216 e. The molecule has 0 saturated heterocycles. The van der Waals surface area contributed by atoms with Gasteiger partial charge in [0.15, 0.2) is 6.19 Å². The largest absolute Gasteiger partial charge is 0.216 e. The molecule has 0 aliphatic rings. The van der Waals surface area contributed by atoms with Crippen LogP contribution in [0.25, 0.3) is 0 Å². The molecule has 0 fully saturated rings. The molecule has 0 aromatic carbocycles. The summed E-state index contributed by atoms with van der Waals surface area (Å²) in [6.07, 6.45) is 1.80. The van der Waals surface area contributed by atoms with E-state index in [0.717, 1.165) is 4.42 Å². The molecule has 2 nitrogen and oxygen atoms in total. The topological polar surface area (TPSA) is 27.0 Å². The van der Waals surface area contributed by atoms with Crippen LogP contribution in [0.3, 0.4) is 0 Å². The molecular weight excluding hydrogens is 124 g/mol. The van der Waals surface area contributed by atoms with Crippen LogP contribution < -0.4 is 0 Å². The first kappa shape index (κ1) is 7.58. The molecular formula is C5H9ClN2. The quantitative estimate of drug-likeness (QED) is 0.285. The average molecular weight is 133 g/mol. The molecule has 0 N–H and O–H groups in total. The number of halogens is 1. The van der Waals surface area contributed by atoms with Gasteiger partial charge in [-0.25, -0.2) is 4.42 Å². The smallest absolute Gasteiger partial charge is 0.195 e. The first-order valence-corrected chi connectivity index (χ1v) is 2.68. The van der Waals surface area contributed by atoms with Crippen molar-refractivity contribution in [1.29, 1.82) is 5.26 Å². The predicted octanol–water partition coefficient (Wildman–Crippen LogP) is 1.72. The van der Waals surface area contributed by atoms with Crippen LogP contribution in [0.2, 0.25) is 0 Å². The van der Waals surface area contributed by atoms with E-state index < -0.39 is 0 Å². The molecule has 0 saturated carbocycles. The molecule has 0 aliphatic carbocycles. The maximum atomic E-state index is 8.21. The molecule has 46 valence electrons. The Balaban J connectivity index is 3.87. The minimum atomic E-state index is -0.254. The van der Waals surface area contributed by atoms with Gasteiger partial charge < -0.3 is 0 Å². The van der Waals surface area contributed by atoms with Gasteiger partial charge in [0, 0.05) is 11.8 Å². The Morgan fingerprint density at radius 1 is 1.50 bits per heavy atom. The van der Waals surface area contributed by atoms with Gasteiger partial charge in [-0.1, -0.05) is 0 Å². The van der Waals surface area contributed by atoms with E-state index in [-0.39, 0.29) is 5.54 Å². The predicted molar refractivity (Wildman–Crippen MR) is 33.1 cm³/mol. The fourth-order valence-corrected chi connectivity index (χ4v) is 0.150. The molecule has 0 unspecified atom stereocenters. The first-order valence-electron chi connectivity index (χ1n) is 2.34. The van der Waals surface area contributed by atoms with Gasteiger partial charge in [0.05, 0.1) is 5.54 Å². The van der Waals surface area contributed by atoms with E-state index in [4.69, 9.17) is 17.0 Å². The molecule has 0 aliphatic heterocycles. The molecule has 8 heavy (non-hydrogen) atoms. The molecule has 0 spiro atoms. The minimum absolute atomic E-state index is 0.254. The summed E-state index contributed by atoms with van der Waals surface area (Å²) in [6.45, 7) is 5.59. The number of rotatable bonds is 0. The summed E-state index contributed by atoms with van der Waals surface area (Å²) in [4.78, 5) is 0. The summed E-state index contributed by atoms with van der Waals surface area (Å²) in [5, 5.41) is 8.21. The molecule has 0 heterocycles. The van der Waals surface area contributed by atoms with E-state index in [1.165, 1.54) is 0 Å². The molecule has 0 radical (unpaired) electrons. The summed E-state index contributed by atoms with van der Waals surface area (Å²) in [6, 6.07) is 0. The second-order valence-electron chi connectivity index (χ2n) is 2.55. The Hall–Kier alpha value is -0.420. The standard InChI is InChI=1S/C5H9ClN2/c1-5(2,3)8(6)4-7/h1-3H3. The van der Waals surface area contributed by atoms with Gasteiger partial charge in [0.25, 0.3) is 0 Å². The Kier molecular flexibility index (Phi) is 2.12. The zero-order valence-electron chi connectivity index (χ0n) is 5.27. The van der Waals surface area contributed by atoms with Crippen LogP contribution in [0, 0.1) is 11.5 Å². The van der Waals surface area contributed by atoms with E-state index in [2.05, 4.69) is 0 Å². The van der Waals surface area contributed by atoms with Crippen molar-refractivity contribution in [2.75, 3.05) is 0 Å². The number of hydrogen-bond acceptors (Lipinski definition) is 2. The Morgan fingerprint density at radius 3 is 1.88 bits per heavy atom. The molecule has 3 heteroatoms. The highest BCUT2D eigenvalue weighted by Gasteiger charge is 2.16. The number of nitrogens with zero attached hydrogens (tertiary/aromatic N) is 2. The van der Waals surface area contributed by atoms with Crippen molar-refractivity contribution in [2.45, 2.75) is 26.3 Å². The van der Waals surface area contributed by atoms with Crippen molar-refractivity contribution in [1.82, 2.24) is 4.42 Å². The summed E-state index contributed by atoms with van der Waals surface area (Å²) < 4.78 is 1.09. The normalized spacial score (nSPS) is 10.4. The van der Waals surface area contributed by atoms with Crippen molar-refractivity contribution in [3.8, 4) is 6.19 Å². The highest BCUT2D eigenvalue weighted by Crippen LogP contribution is 2.13. The van der Waals surface area contributed by atoms with Gasteiger partial charge in [-0.2, -0.15) is 5.26 Å². The van der Waals surface area contributed by atoms with Crippen LogP contribution in [0.4, 0.5) is 0 Å². The van der Waals surface area contributed by atoms with Crippen molar-refractivity contribution >= 4 is 11.8 Å². The van der Waals surface area contributed by atoms with Gasteiger partial charge in [-0.3, -0.25) is 0 Å². The second-order valence-corrected chi connectivity index (χ2v) is 2.89. The first-order chi connectivity index (χ1) is 3.48. The molecule has 0 rings (SSSR count). The van der Waals surface area contributed by atoms with Crippen molar-refractivity contribution < 1.29 is 0 Å². The third kappa shape index (κ3) is 2.04. The van der Waals surface area contributed by atoms with Crippen LogP contribution in [0.15, 0.2) is 0 Å². The lowest BCUT2D eigenvalue weighted by Crippen LogP contribution is -2.29. The van der Waals surface area contributed by atoms with Gasteiger partial charge >= 0.3 is 0 Å². The van der Waals surface area contributed by atoms with E-state index in [1.54, 1.807) is 6.19 Å². The lowest BCUT2D eigenvalue weighted by Gasteiger charge is -2.22. The fraction of sp³-hybridized carbons (Fsp3) is 0.800. The molecule has 0 bridgehead atoms. The van der Waals surface area contributed by atoms with E-state index in [0.29, 0.717) is 0 Å². The van der Waals surface area contributed by atoms with Crippen LogP contribution in [-0.2, 0) is 0 Å². The van der Waals surface area contributed by atoms with Gasteiger partial charge in [0.2, 0.25) is 0 Å². The highest BCUT2D eigenvalue weighted by atomic mass is 35.5. The van der Waals surface area contributed by atoms with Gasteiger partial charge in [-0.05, 0) is 20.8 Å². The summed E-state index contributed by atoms with van der Waals surface area (Å²) in [7, 11) is 0. The molecule has 0 aromatic heterocycles. The Morgan fingerprint density at radius 2 is 1.88 bits per heavy atom. The van der Waals surface area contributed by atoms with Crippen LogP contribution in [0.1, 0.15) is 20.8 Å². The van der Waals surface area contributed by atoms with Crippen LogP contribution in [0.5, 0.6) is 0 Å². The maximum absolute atomic E-state index is 8.21. The zero-order valence-corrected chi connectivity index (χ0v) is 6.03. The fourth-order valence-electron chi connectivity index (χ4n) is 0.150. The monoisotopic (exact) mass is 132 g/mol. The molecule has 0 aromatic rings. The molecule has 0 amide bonds.